The van der Waals surface area contributed by atoms with Gasteiger partial charge in [0.15, 0.2) is 5.69 Å². The Morgan fingerprint density at radius 3 is 1.96 bits per heavy atom. The summed E-state index contributed by atoms with van der Waals surface area (Å²) in [7, 11) is 0. The monoisotopic (exact) mass is 385 g/mol. The Hall–Kier alpha value is -2.60. The first-order valence-electron chi connectivity index (χ1n) is 7.31. The van der Waals surface area contributed by atoms with Crippen molar-refractivity contribution < 1.29 is 9.47 Å². The molecule has 0 aliphatic carbocycles. The van der Waals surface area contributed by atoms with Gasteiger partial charge in [-0.3, -0.25) is 0 Å². The topological polar surface area (TPSA) is 70.3 Å². The molecular formula is C18H16BrN3O2. The van der Waals surface area contributed by atoms with E-state index in [4.69, 9.17) is 15.2 Å². The second kappa shape index (κ2) is 6.88. The van der Waals surface area contributed by atoms with Crippen LogP contribution in [0.5, 0.6) is 23.3 Å². The zero-order chi connectivity index (χ0) is 17.1. The zero-order valence-electron chi connectivity index (χ0n) is 13.3. The van der Waals surface area contributed by atoms with Gasteiger partial charge in [0, 0.05) is 4.47 Å². The van der Waals surface area contributed by atoms with Crippen molar-refractivity contribution >= 4 is 21.6 Å². The minimum Gasteiger partial charge on any atom is -0.437 e. The number of ether oxygens (including phenoxy) is 2. The van der Waals surface area contributed by atoms with Gasteiger partial charge in [0.1, 0.15) is 17.8 Å². The maximum Gasteiger partial charge on any atom is 0.249 e. The fourth-order valence-corrected chi connectivity index (χ4v) is 2.51. The number of aryl methyl sites for hydroxylation is 2. The maximum atomic E-state index is 6.10. The minimum absolute atomic E-state index is 0.250. The van der Waals surface area contributed by atoms with Gasteiger partial charge in [-0.05, 0) is 61.4 Å². The van der Waals surface area contributed by atoms with Crippen LogP contribution >= 0.6 is 15.9 Å². The molecule has 0 amide bonds. The molecule has 122 valence electrons. The summed E-state index contributed by atoms with van der Waals surface area (Å²) < 4.78 is 12.5. The standard InChI is InChI=1S/C18H16BrN3O2/c1-11-7-12(2)9-15(8-11)24-18-16(20)17(21-10-22-18)23-14-5-3-13(19)4-6-14/h3-10H,20H2,1-2H3. The lowest BCUT2D eigenvalue weighted by Gasteiger charge is -2.11. The number of hydrogen-bond acceptors (Lipinski definition) is 5. The number of halogens is 1. The summed E-state index contributed by atoms with van der Waals surface area (Å²) in [4.78, 5) is 8.19. The fraction of sp³-hybridized carbons (Fsp3) is 0.111. The summed E-state index contributed by atoms with van der Waals surface area (Å²) in [6, 6.07) is 13.3. The number of benzene rings is 2. The van der Waals surface area contributed by atoms with Gasteiger partial charge < -0.3 is 15.2 Å². The van der Waals surface area contributed by atoms with Crippen molar-refractivity contribution in [3.8, 4) is 23.3 Å². The van der Waals surface area contributed by atoms with Gasteiger partial charge >= 0.3 is 0 Å². The smallest absolute Gasteiger partial charge is 0.249 e. The lowest BCUT2D eigenvalue weighted by atomic mass is 10.1. The third-order valence-electron chi connectivity index (χ3n) is 3.25. The zero-order valence-corrected chi connectivity index (χ0v) is 14.9. The SMILES string of the molecule is Cc1cc(C)cc(Oc2ncnc(Oc3ccc(Br)cc3)c2N)c1. The first kappa shape index (κ1) is 16.3. The predicted molar refractivity (Wildman–Crippen MR) is 96.7 cm³/mol. The van der Waals surface area contributed by atoms with E-state index >= 15 is 0 Å². The molecule has 3 rings (SSSR count). The molecule has 0 aliphatic heterocycles. The number of anilines is 1. The maximum absolute atomic E-state index is 6.10. The third-order valence-corrected chi connectivity index (χ3v) is 3.78. The van der Waals surface area contributed by atoms with Crippen molar-refractivity contribution in [3.05, 3.63) is 64.4 Å². The van der Waals surface area contributed by atoms with E-state index in [9.17, 15) is 0 Å². The Morgan fingerprint density at radius 2 is 1.38 bits per heavy atom. The van der Waals surface area contributed by atoms with Crippen LogP contribution in [-0.2, 0) is 0 Å². The van der Waals surface area contributed by atoms with Crippen molar-refractivity contribution in [1.29, 1.82) is 0 Å². The number of nitrogens with two attached hydrogens (primary N) is 1. The number of hydrogen-bond donors (Lipinski definition) is 1. The van der Waals surface area contributed by atoms with E-state index in [1.807, 2.05) is 50.2 Å². The molecule has 0 radical (unpaired) electrons. The highest BCUT2D eigenvalue weighted by atomic mass is 79.9. The second-order valence-corrected chi connectivity index (χ2v) is 6.29. The number of nitrogen functional groups attached to an aromatic ring is 1. The Kier molecular flexibility index (Phi) is 4.66. The largest absolute Gasteiger partial charge is 0.437 e. The molecule has 0 spiro atoms. The summed E-state index contributed by atoms with van der Waals surface area (Å²) in [6.45, 7) is 4.01. The molecule has 2 aromatic carbocycles. The molecule has 1 heterocycles. The highest BCUT2D eigenvalue weighted by Gasteiger charge is 2.13. The molecule has 0 fully saturated rings. The van der Waals surface area contributed by atoms with Gasteiger partial charge in [0.25, 0.3) is 0 Å². The van der Waals surface area contributed by atoms with Crippen LogP contribution in [0.4, 0.5) is 5.69 Å². The number of nitrogens with zero attached hydrogens (tertiary/aromatic N) is 2. The summed E-state index contributed by atoms with van der Waals surface area (Å²) >= 11 is 3.38. The van der Waals surface area contributed by atoms with E-state index in [2.05, 4.69) is 32.0 Å². The van der Waals surface area contributed by atoms with E-state index in [0.717, 1.165) is 15.6 Å². The van der Waals surface area contributed by atoms with Crippen LogP contribution in [0.25, 0.3) is 0 Å². The van der Waals surface area contributed by atoms with E-state index in [1.54, 1.807) is 0 Å². The molecule has 5 nitrogen and oxygen atoms in total. The summed E-state index contributed by atoms with van der Waals surface area (Å²) in [5.41, 5.74) is 8.55. The molecule has 6 heteroatoms. The van der Waals surface area contributed by atoms with Gasteiger partial charge in [-0.2, -0.15) is 9.97 Å². The quantitative estimate of drug-likeness (QED) is 0.682. The van der Waals surface area contributed by atoms with Gasteiger partial charge in [-0.25, -0.2) is 0 Å². The first-order chi connectivity index (χ1) is 11.5. The minimum atomic E-state index is 0.250. The van der Waals surface area contributed by atoms with Crippen LogP contribution in [0.2, 0.25) is 0 Å². The lowest BCUT2D eigenvalue weighted by molar-refractivity contribution is 0.438. The molecular weight excluding hydrogens is 370 g/mol. The second-order valence-electron chi connectivity index (χ2n) is 5.38. The molecule has 0 aliphatic rings. The van der Waals surface area contributed by atoms with Crippen molar-refractivity contribution in [2.24, 2.45) is 0 Å². The number of rotatable bonds is 4. The number of aromatic nitrogens is 2. The van der Waals surface area contributed by atoms with Crippen molar-refractivity contribution in [3.63, 3.8) is 0 Å². The van der Waals surface area contributed by atoms with Gasteiger partial charge in [-0.15, -0.1) is 0 Å². The average molecular weight is 386 g/mol. The summed E-state index contributed by atoms with van der Waals surface area (Å²) in [5, 5.41) is 0. The fourth-order valence-electron chi connectivity index (χ4n) is 2.24. The van der Waals surface area contributed by atoms with Gasteiger partial charge in [0.05, 0.1) is 0 Å². The molecule has 0 saturated heterocycles. The Bertz CT molecular complexity index is 846. The lowest BCUT2D eigenvalue weighted by Crippen LogP contribution is -2.00. The van der Waals surface area contributed by atoms with E-state index in [0.29, 0.717) is 11.5 Å². The Morgan fingerprint density at radius 1 is 0.833 bits per heavy atom. The summed E-state index contributed by atoms with van der Waals surface area (Å²) in [5.74, 6) is 1.82. The van der Waals surface area contributed by atoms with E-state index < -0.39 is 0 Å². The highest BCUT2D eigenvalue weighted by Crippen LogP contribution is 2.34. The third kappa shape index (κ3) is 3.83. The molecule has 24 heavy (non-hydrogen) atoms. The molecule has 0 atom stereocenters. The summed E-state index contributed by atoms with van der Waals surface area (Å²) in [6.07, 6.45) is 1.36. The first-order valence-corrected chi connectivity index (χ1v) is 8.10. The Balaban J connectivity index is 1.86. The Labute approximate surface area is 148 Å². The molecule has 2 N–H and O–H groups in total. The van der Waals surface area contributed by atoms with Crippen LogP contribution < -0.4 is 15.2 Å². The molecule has 0 saturated carbocycles. The van der Waals surface area contributed by atoms with E-state index in [1.165, 1.54) is 6.33 Å². The van der Waals surface area contributed by atoms with Crippen LogP contribution in [0, 0.1) is 13.8 Å². The van der Waals surface area contributed by atoms with Crippen LogP contribution in [0.15, 0.2) is 53.3 Å². The normalized spacial score (nSPS) is 10.5. The average Bonchev–Trinajstić information content (AvgIpc) is 2.52. The predicted octanol–water partition coefficient (Wildman–Crippen LogP) is 5.02. The van der Waals surface area contributed by atoms with Gasteiger partial charge in [0.2, 0.25) is 11.8 Å². The molecule has 0 bridgehead atoms. The highest BCUT2D eigenvalue weighted by molar-refractivity contribution is 9.10. The molecule has 3 aromatic rings. The molecule has 0 unspecified atom stereocenters. The molecule has 1 aromatic heterocycles. The van der Waals surface area contributed by atoms with Crippen LogP contribution in [0.1, 0.15) is 11.1 Å². The van der Waals surface area contributed by atoms with E-state index in [-0.39, 0.29) is 17.4 Å². The van der Waals surface area contributed by atoms with Crippen molar-refractivity contribution in [1.82, 2.24) is 9.97 Å². The van der Waals surface area contributed by atoms with Crippen LogP contribution in [0.3, 0.4) is 0 Å². The van der Waals surface area contributed by atoms with Gasteiger partial charge in [-0.1, -0.05) is 22.0 Å². The van der Waals surface area contributed by atoms with Crippen molar-refractivity contribution in [2.45, 2.75) is 13.8 Å². The van der Waals surface area contributed by atoms with Crippen molar-refractivity contribution in [2.75, 3.05) is 5.73 Å². The van der Waals surface area contributed by atoms with Crippen LogP contribution in [-0.4, -0.2) is 9.97 Å².